The second-order valence-corrected chi connectivity index (χ2v) is 12.0. The number of likely N-dealkylation sites (tertiary alicyclic amines) is 1. The molecular weight excluding hydrogens is 514 g/mol. The number of aromatic hydroxyl groups is 1. The molecule has 6 nitrogen and oxygen atoms in total. The van der Waals surface area contributed by atoms with Crippen molar-refractivity contribution in [3.05, 3.63) is 76.9 Å². The van der Waals surface area contributed by atoms with Gasteiger partial charge >= 0.3 is 0 Å². The Bertz CT molecular complexity index is 1330. The van der Waals surface area contributed by atoms with Gasteiger partial charge in [-0.15, -0.1) is 0 Å². The van der Waals surface area contributed by atoms with Crippen LogP contribution >= 0.6 is 0 Å². The monoisotopic (exact) mass is 555 g/mol. The van der Waals surface area contributed by atoms with E-state index in [1.165, 1.54) is 17.6 Å². The molecule has 2 aliphatic carbocycles. The van der Waals surface area contributed by atoms with Crippen molar-refractivity contribution in [3.8, 4) is 11.5 Å². The van der Waals surface area contributed by atoms with Crippen molar-refractivity contribution < 1.29 is 24.2 Å². The number of nitrogens with zero attached hydrogens (tertiary/aromatic N) is 1. The van der Waals surface area contributed by atoms with E-state index in [1.54, 1.807) is 11.0 Å². The number of allylic oxidation sites excluding steroid dienone is 1. The molecule has 2 aromatic carbocycles. The third-order valence-electron chi connectivity index (χ3n) is 9.62. The summed E-state index contributed by atoms with van der Waals surface area (Å²) in [6.45, 7) is 3.01. The number of phenolic OH excluding ortho intramolecular Hbond substituents is 1. The molecule has 0 spiro atoms. The summed E-state index contributed by atoms with van der Waals surface area (Å²) >= 11 is 0. The van der Waals surface area contributed by atoms with Gasteiger partial charge in [0, 0.05) is 17.5 Å². The van der Waals surface area contributed by atoms with Crippen LogP contribution in [0.25, 0.3) is 6.08 Å². The third-order valence-corrected chi connectivity index (χ3v) is 9.62. The molecule has 6 rings (SSSR count). The van der Waals surface area contributed by atoms with E-state index in [2.05, 4.69) is 13.0 Å². The summed E-state index contributed by atoms with van der Waals surface area (Å²) in [5.41, 5.74) is 4.37. The molecule has 216 valence electrons. The van der Waals surface area contributed by atoms with Gasteiger partial charge in [-0.1, -0.05) is 74.2 Å². The number of hydrogen-bond acceptors (Lipinski definition) is 5. The lowest BCUT2D eigenvalue weighted by Crippen LogP contribution is -2.42. The van der Waals surface area contributed by atoms with Crippen molar-refractivity contribution in [3.63, 3.8) is 0 Å². The molecule has 0 unspecified atom stereocenters. The average Bonchev–Trinajstić information content (AvgIpc) is 3.54. The van der Waals surface area contributed by atoms with Crippen LogP contribution in [0.4, 0.5) is 0 Å². The molecule has 2 aliphatic heterocycles. The zero-order valence-corrected chi connectivity index (χ0v) is 24.0. The van der Waals surface area contributed by atoms with E-state index < -0.39 is 0 Å². The number of benzene rings is 2. The first-order valence-electron chi connectivity index (χ1n) is 15.4. The van der Waals surface area contributed by atoms with Crippen molar-refractivity contribution >= 4 is 17.9 Å². The first kappa shape index (κ1) is 27.8. The SMILES string of the molecule is CC/C(=C\c1ccccc1O)CC[C@H]1OC[C@H]2C1=C(COc1ccccc1)C[C@H]1C(=O)N(C3CCCCC3)C(=O)[C@H]12. The van der Waals surface area contributed by atoms with Crippen molar-refractivity contribution in [2.24, 2.45) is 17.8 Å². The largest absolute Gasteiger partial charge is 0.507 e. The van der Waals surface area contributed by atoms with E-state index in [0.29, 0.717) is 19.6 Å². The Labute approximate surface area is 243 Å². The summed E-state index contributed by atoms with van der Waals surface area (Å²) in [5, 5.41) is 10.3. The van der Waals surface area contributed by atoms with Gasteiger partial charge in [-0.2, -0.15) is 0 Å². The van der Waals surface area contributed by atoms with Crippen LogP contribution in [0.1, 0.15) is 70.3 Å². The standard InChI is InChI=1S/C35H41NO5/c1-2-23(19-24-11-9-10-16-30(24)37)17-18-31-32-25(21-40-27-14-7-4-8-15-27)20-28-33(29(32)22-41-31)35(39)36(34(28)38)26-12-5-3-6-13-26/h4,7-11,14-16,19,26,28-29,31,33,37H,2-3,5-6,12-13,17-18,20-22H2,1H3/b23-19+/t28-,29+,31-,33-/m1/s1. The van der Waals surface area contributed by atoms with Crippen molar-refractivity contribution in [2.75, 3.05) is 13.2 Å². The number of carbonyl (C=O) groups excluding carboxylic acids is 2. The highest BCUT2D eigenvalue weighted by Crippen LogP contribution is 2.51. The number of imide groups is 1. The lowest BCUT2D eigenvalue weighted by molar-refractivity contribution is -0.143. The van der Waals surface area contributed by atoms with Crippen LogP contribution in [0.2, 0.25) is 0 Å². The van der Waals surface area contributed by atoms with Gasteiger partial charge in [0.2, 0.25) is 11.8 Å². The second kappa shape index (κ2) is 12.2. The van der Waals surface area contributed by atoms with Crippen LogP contribution in [0.5, 0.6) is 11.5 Å². The molecule has 6 heteroatoms. The molecule has 4 atom stereocenters. The Morgan fingerprint density at radius 3 is 2.51 bits per heavy atom. The summed E-state index contributed by atoms with van der Waals surface area (Å²) in [4.78, 5) is 29.3. The van der Waals surface area contributed by atoms with E-state index in [4.69, 9.17) is 9.47 Å². The molecule has 2 heterocycles. The first-order chi connectivity index (χ1) is 20.0. The van der Waals surface area contributed by atoms with Crippen LogP contribution in [0.15, 0.2) is 71.3 Å². The van der Waals surface area contributed by atoms with E-state index in [0.717, 1.165) is 61.8 Å². The Balaban J connectivity index is 1.26. The smallest absolute Gasteiger partial charge is 0.234 e. The number of ether oxygens (including phenoxy) is 2. The quantitative estimate of drug-likeness (QED) is 0.275. The molecule has 0 aromatic heterocycles. The summed E-state index contributed by atoms with van der Waals surface area (Å²) in [6, 6.07) is 17.2. The van der Waals surface area contributed by atoms with Gasteiger partial charge in [0.25, 0.3) is 0 Å². The van der Waals surface area contributed by atoms with Gasteiger partial charge in [0.05, 0.1) is 24.5 Å². The van der Waals surface area contributed by atoms with Gasteiger partial charge in [-0.05, 0) is 67.9 Å². The molecule has 2 aromatic rings. The average molecular weight is 556 g/mol. The van der Waals surface area contributed by atoms with Crippen molar-refractivity contribution in [1.29, 1.82) is 0 Å². The predicted octanol–water partition coefficient (Wildman–Crippen LogP) is 6.69. The van der Waals surface area contributed by atoms with Crippen molar-refractivity contribution in [2.45, 2.75) is 76.9 Å². The molecular formula is C35H41NO5. The zero-order valence-electron chi connectivity index (χ0n) is 24.0. The number of phenols is 1. The zero-order chi connectivity index (χ0) is 28.3. The molecule has 1 saturated carbocycles. The lowest BCUT2D eigenvalue weighted by Gasteiger charge is -2.32. The van der Waals surface area contributed by atoms with E-state index in [-0.39, 0.29) is 47.5 Å². The fraction of sp³-hybridized carbons (Fsp3) is 0.486. The number of para-hydroxylation sites is 2. The fourth-order valence-electron chi connectivity index (χ4n) is 7.51. The number of hydrogen-bond donors (Lipinski definition) is 1. The van der Waals surface area contributed by atoms with Crippen LogP contribution in [-0.2, 0) is 14.3 Å². The maximum Gasteiger partial charge on any atom is 0.234 e. The summed E-state index contributed by atoms with van der Waals surface area (Å²) < 4.78 is 12.7. The highest BCUT2D eigenvalue weighted by atomic mass is 16.5. The minimum absolute atomic E-state index is 0.0190. The Morgan fingerprint density at radius 1 is 1.00 bits per heavy atom. The van der Waals surface area contributed by atoms with Crippen molar-refractivity contribution in [1.82, 2.24) is 4.90 Å². The topological polar surface area (TPSA) is 76.1 Å². The Morgan fingerprint density at radius 2 is 1.76 bits per heavy atom. The van der Waals surface area contributed by atoms with Crippen LogP contribution in [0, 0.1) is 17.8 Å². The minimum atomic E-state index is -0.327. The Hall–Kier alpha value is -3.38. The summed E-state index contributed by atoms with van der Waals surface area (Å²) in [7, 11) is 0. The predicted molar refractivity (Wildman–Crippen MR) is 158 cm³/mol. The molecule has 4 aliphatic rings. The number of amides is 2. The number of rotatable bonds is 9. The second-order valence-electron chi connectivity index (χ2n) is 12.0. The maximum atomic E-state index is 13.9. The van der Waals surface area contributed by atoms with Gasteiger partial charge < -0.3 is 14.6 Å². The van der Waals surface area contributed by atoms with E-state index in [9.17, 15) is 14.7 Å². The van der Waals surface area contributed by atoms with Gasteiger partial charge in [0.15, 0.2) is 0 Å². The molecule has 3 fully saturated rings. The lowest BCUT2D eigenvalue weighted by atomic mass is 9.69. The number of fused-ring (bicyclic) bond motifs is 3. The number of carbonyl (C=O) groups is 2. The molecule has 2 amide bonds. The normalized spacial score (nSPS) is 26.9. The Kier molecular flexibility index (Phi) is 8.29. The first-order valence-corrected chi connectivity index (χ1v) is 15.4. The van der Waals surface area contributed by atoms with Crippen LogP contribution in [0.3, 0.4) is 0 Å². The van der Waals surface area contributed by atoms with Gasteiger partial charge in [-0.25, -0.2) is 0 Å². The molecule has 2 saturated heterocycles. The maximum absolute atomic E-state index is 13.9. The summed E-state index contributed by atoms with van der Waals surface area (Å²) in [6.07, 6.45) is 10.2. The molecule has 41 heavy (non-hydrogen) atoms. The molecule has 1 N–H and O–H groups in total. The fourth-order valence-corrected chi connectivity index (χ4v) is 7.51. The van der Waals surface area contributed by atoms with Gasteiger partial charge in [-0.3, -0.25) is 14.5 Å². The van der Waals surface area contributed by atoms with Crippen LogP contribution in [-0.4, -0.2) is 47.2 Å². The summed E-state index contributed by atoms with van der Waals surface area (Å²) in [5.74, 6) is 0.399. The highest BCUT2D eigenvalue weighted by Gasteiger charge is 2.58. The minimum Gasteiger partial charge on any atom is -0.507 e. The molecule has 0 radical (unpaired) electrons. The third kappa shape index (κ3) is 5.59. The van der Waals surface area contributed by atoms with E-state index in [1.807, 2.05) is 48.5 Å². The van der Waals surface area contributed by atoms with E-state index >= 15 is 0 Å². The van der Waals surface area contributed by atoms with Crippen LogP contribution < -0.4 is 4.74 Å². The highest BCUT2D eigenvalue weighted by molar-refractivity contribution is 6.06. The van der Waals surface area contributed by atoms with Gasteiger partial charge in [0.1, 0.15) is 18.1 Å². The molecule has 0 bridgehead atoms.